The molecule has 112 valence electrons. The van der Waals surface area contributed by atoms with Gasteiger partial charge in [0, 0.05) is 0 Å². The van der Waals surface area contributed by atoms with Crippen molar-refractivity contribution in [3.63, 3.8) is 0 Å². The molecular formula is C13H13ClN2O4S. The van der Waals surface area contributed by atoms with Crippen molar-refractivity contribution >= 4 is 27.6 Å². The maximum Gasteiger partial charge on any atom is 0.324 e. The van der Waals surface area contributed by atoms with Crippen molar-refractivity contribution in [1.82, 2.24) is 4.72 Å². The fraction of sp³-hybridized carbons (Fsp3) is 0.385. The fourth-order valence-corrected chi connectivity index (χ4v) is 4.14. The number of nitriles is 1. The Kier molecular flexibility index (Phi) is 4.23. The molecule has 21 heavy (non-hydrogen) atoms. The van der Waals surface area contributed by atoms with Crippen LogP contribution in [0.15, 0.2) is 23.1 Å². The van der Waals surface area contributed by atoms with Crippen molar-refractivity contribution in [3.8, 4) is 6.07 Å². The molecule has 1 aliphatic carbocycles. The molecule has 1 saturated carbocycles. The molecule has 0 saturated heterocycles. The van der Waals surface area contributed by atoms with Crippen LogP contribution in [-0.4, -0.2) is 25.0 Å². The smallest absolute Gasteiger partial charge is 0.324 e. The van der Waals surface area contributed by atoms with Crippen molar-refractivity contribution in [3.05, 3.63) is 28.8 Å². The lowest BCUT2D eigenvalue weighted by molar-refractivity contribution is -0.143. The first kappa shape index (κ1) is 15.8. The summed E-state index contributed by atoms with van der Waals surface area (Å²) in [4.78, 5) is 11.3. The highest BCUT2D eigenvalue weighted by atomic mass is 35.5. The molecule has 8 heteroatoms. The zero-order chi connectivity index (χ0) is 15.7. The van der Waals surface area contributed by atoms with Crippen LogP contribution >= 0.6 is 11.6 Å². The molecule has 0 aliphatic heterocycles. The second-order valence-electron chi connectivity index (χ2n) is 4.95. The molecule has 6 nitrogen and oxygen atoms in total. The average Bonchev–Trinajstić information content (AvgIpc) is 2.87. The summed E-state index contributed by atoms with van der Waals surface area (Å²) in [5.41, 5.74) is -1.30. The number of halogens is 1. The van der Waals surface area contributed by atoms with E-state index in [0.717, 1.165) is 6.07 Å². The standard InChI is InChI=1S/C13H13ClN2O4S/c14-11-7-10(4-3-9(11)8-15)21(19,20)16-13(12(17)18)5-1-2-6-13/h3-4,7,16H,1-2,5-6H2,(H,17,18). The summed E-state index contributed by atoms with van der Waals surface area (Å²) in [7, 11) is -4.02. The molecule has 0 amide bonds. The van der Waals surface area contributed by atoms with Gasteiger partial charge in [0.05, 0.1) is 15.5 Å². The minimum absolute atomic E-state index is 0.0103. The van der Waals surface area contributed by atoms with E-state index in [1.807, 2.05) is 6.07 Å². The summed E-state index contributed by atoms with van der Waals surface area (Å²) in [5, 5.41) is 18.1. The molecule has 0 unspecified atom stereocenters. The quantitative estimate of drug-likeness (QED) is 0.877. The van der Waals surface area contributed by atoms with Crippen LogP contribution in [0, 0.1) is 11.3 Å². The van der Waals surface area contributed by atoms with E-state index in [1.54, 1.807) is 0 Å². The number of hydrogen-bond donors (Lipinski definition) is 2. The first-order valence-electron chi connectivity index (χ1n) is 6.28. The Balaban J connectivity index is 2.37. The van der Waals surface area contributed by atoms with E-state index < -0.39 is 21.5 Å². The number of nitrogens with one attached hydrogen (secondary N) is 1. The fourth-order valence-electron chi connectivity index (χ4n) is 2.41. The van der Waals surface area contributed by atoms with Gasteiger partial charge in [-0.25, -0.2) is 8.42 Å². The molecule has 1 aliphatic rings. The molecule has 0 heterocycles. The van der Waals surface area contributed by atoms with Crippen LogP contribution in [0.4, 0.5) is 0 Å². The van der Waals surface area contributed by atoms with E-state index in [4.69, 9.17) is 16.9 Å². The van der Waals surface area contributed by atoms with Crippen LogP contribution in [0.5, 0.6) is 0 Å². The Labute approximate surface area is 127 Å². The van der Waals surface area contributed by atoms with Gasteiger partial charge in [-0.2, -0.15) is 9.98 Å². The summed E-state index contributed by atoms with van der Waals surface area (Å²) in [6.07, 6.45) is 1.82. The lowest BCUT2D eigenvalue weighted by atomic mass is 10.0. The van der Waals surface area contributed by atoms with Crippen molar-refractivity contribution in [2.75, 3.05) is 0 Å². The number of nitrogens with zero attached hydrogens (tertiary/aromatic N) is 1. The van der Waals surface area contributed by atoms with E-state index in [-0.39, 0.29) is 28.3 Å². The molecule has 0 spiro atoms. The predicted molar refractivity (Wildman–Crippen MR) is 75.3 cm³/mol. The van der Waals surface area contributed by atoms with Gasteiger partial charge in [-0.3, -0.25) is 4.79 Å². The van der Waals surface area contributed by atoms with Crippen molar-refractivity contribution < 1.29 is 18.3 Å². The Bertz CT molecular complexity index is 718. The maximum atomic E-state index is 12.3. The maximum absolute atomic E-state index is 12.3. The zero-order valence-electron chi connectivity index (χ0n) is 11.0. The first-order valence-corrected chi connectivity index (χ1v) is 8.14. The number of carboxylic acid groups (broad SMARTS) is 1. The first-order chi connectivity index (χ1) is 9.81. The summed E-state index contributed by atoms with van der Waals surface area (Å²) < 4.78 is 26.9. The third-order valence-corrected chi connectivity index (χ3v) is 5.41. The topological polar surface area (TPSA) is 107 Å². The number of rotatable bonds is 4. The largest absolute Gasteiger partial charge is 0.480 e. The van der Waals surface area contributed by atoms with E-state index in [9.17, 15) is 18.3 Å². The number of hydrogen-bond acceptors (Lipinski definition) is 4. The lowest BCUT2D eigenvalue weighted by Crippen LogP contribution is -2.52. The Morgan fingerprint density at radius 2 is 2.00 bits per heavy atom. The highest BCUT2D eigenvalue weighted by molar-refractivity contribution is 7.89. The summed E-state index contributed by atoms with van der Waals surface area (Å²) >= 11 is 5.82. The molecular weight excluding hydrogens is 316 g/mol. The van der Waals surface area contributed by atoms with Crippen LogP contribution in [-0.2, 0) is 14.8 Å². The third kappa shape index (κ3) is 3.02. The molecule has 1 aromatic rings. The normalized spacial score (nSPS) is 17.3. The van der Waals surface area contributed by atoms with Crippen molar-refractivity contribution in [2.45, 2.75) is 36.1 Å². The molecule has 2 rings (SSSR count). The molecule has 2 N–H and O–H groups in total. The number of carbonyl (C=O) groups is 1. The number of carboxylic acids is 1. The van der Waals surface area contributed by atoms with Crippen LogP contribution in [0.1, 0.15) is 31.2 Å². The molecule has 0 radical (unpaired) electrons. The van der Waals surface area contributed by atoms with Crippen molar-refractivity contribution in [2.24, 2.45) is 0 Å². The van der Waals surface area contributed by atoms with Crippen LogP contribution in [0.25, 0.3) is 0 Å². The number of aliphatic carboxylic acids is 1. The minimum atomic E-state index is -4.02. The highest BCUT2D eigenvalue weighted by Gasteiger charge is 2.44. The highest BCUT2D eigenvalue weighted by Crippen LogP contribution is 2.32. The van der Waals surface area contributed by atoms with Gasteiger partial charge in [-0.05, 0) is 31.0 Å². The van der Waals surface area contributed by atoms with Crippen LogP contribution < -0.4 is 4.72 Å². The minimum Gasteiger partial charge on any atom is -0.480 e. The Morgan fingerprint density at radius 1 is 1.38 bits per heavy atom. The third-order valence-electron chi connectivity index (χ3n) is 3.57. The summed E-state index contributed by atoms with van der Waals surface area (Å²) in [6.45, 7) is 0. The number of sulfonamides is 1. The molecule has 1 aromatic carbocycles. The number of benzene rings is 1. The van der Waals surface area contributed by atoms with E-state index in [1.165, 1.54) is 12.1 Å². The van der Waals surface area contributed by atoms with Gasteiger partial charge in [-0.15, -0.1) is 0 Å². The van der Waals surface area contributed by atoms with Crippen molar-refractivity contribution in [1.29, 1.82) is 5.26 Å². The van der Waals surface area contributed by atoms with Crippen LogP contribution in [0.3, 0.4) is 0 Å². The second-order valence-corrected chi connectivity index (χ2v) is 7.04. The van der Waals surface area contributed by atoms with Gasteiger partial charge in [0.15, 0.2) is 0 Å². The summed E-state index contributed by atoms with van der Waals surface area (Å²) in [6, 6.07) is 5.50. The molecule has 0 atom stereocenters. The van der Waals surface area contributed by atoms with Gasteiger partial charge in [-0.1, -0.05) is 24.4 Å². The average molecular weight is 329 g/mol. The van der Waals surface area contributed by atoms with Gasteiger partial charge in [0.2, 0.25) is 10.0 Å². The van der Waals surface area contributed by atoms with Gasteiger partial charge >= 0.3 is 5.97 Å². The molecule has 0 bridgehead atoms. The van der Waals surface area contributed by atoms with Crippen LogP contribution in [0.2, 0.25) is 5.02 Å². The van der Waals surface area contributed by atoms with E-state index >= 15 is 0 Å². The van der Waals surface area contributed by atoms with E-state index in [2.05, 4.69) is 4.72 Å². The Hall–Kier alpha value is -1.62. The van der Waals surface area contributed by atoms with Gasteiger partial charge < -0.3 is 5.11 Å². The zero-order valence-corrected chi connectivity index (χ0v) is 12.5. The Morgan fingerprint density at radius 3 is 2.48 bits per heavy atom. The second kappa shape index (κ2) is 5.64. The van der Waals surface area contributed by atoms with E-state index in [0.29, 0.717) is 12.8 Å². The summed E-state index contributed by atoms with van der Waals surface area (Å²) in [5.74, 6) is -1.18. The molecule has 0 aromatic heterocycles. The molecule has 1 fully saturated rings. The SMILES string of the molecule is N#Cc1ccc(S(=O)(=O)NC2(C(=O)O)CCCC2)cc1Cl. The van der Waals surface area contributed by atoms with Gasteiger partial charge in [0.1, 0.15) is 11.6 Å². The van der Waals surface area contributed by atoms with Gasteiger partial charge in [0.25, 0.3) is 0 Å². The monoisotopic (exact) mass is 328 g/mol. The lowest BCUT2D eigenvalue weighted by Gasteiger charge is -2.25. The predicted octanol–water partition coefficient (Wildman–Crippen LogP) is 1.89.